The first kappa shape index (κ1) is 5.62. The average molecular weight is 214 g/mol. The lowest BCUT2D eigenvalue weighted by Crippen LogP contribution is -2.03. The van der Waals surface area contributed by atoms with Crippen LogP contribution in [0.3, 0.4) is 0 Å². The second kappa shape index (κ2) is 4.09. The Kier molecular flexibility index (Phi) is 1.44. The highest BCUT2D eigenvalue weighted by atomic mass is 14.7. The molecule has 1 heterocycles. The van der Waals surface area contributed by atoms with Gasteiger partial charge in [-0.25, -0.2) is 0 Å². The Morgan fingerprint density at radius 2 is 1.75 bits per heavy atom. The van der Waals surface area contributed by atoms with Crippen LogP contribution in [0.15, 0.2) is 42.5 Å². The summed E-state index contributed by atoms with van der Waals surface area (Å²) in [6, 6.07) is 0.499. The fraction of sp³-hybridized carbons (Fsp3) is 0.267. The molecule has 0 saturated carbocycles. The number of hydrogen-bond donors (Lipinski definition) is 0. The van der Waals surface area contributed by atoms with Gasteiger partial charge >= 0.3 is 0 Å². The maximum Gasteiger partial charge on any atom is 0.0704 e. The van der Waals surface area contributed by atoms with E-state index in [0.29, 0.717) is 5.69 Å². The van der Waals surface area contributed by atoms with Crippen LogP contribution in [-0.4, -0.2) is 4.98 Å². The van der Waals surface area contributed by atoms with Crippen LogP contribution in [0.25, 0.3) is 11.3 Å². The summed E-state index contributed by atoms with van der Waals surface area (Å²) in [6.45, 7) is 0. The van der Waals surface area contributed by atoms with Crippen molar-refractivity contribution in [3.8, 4) is 11.3 Å². The molecule has 0 aliphatic heterocycles. The summed E-state index contributed by atoms with van der Waals surface area (Å²) >= 11 is 0. The van der Waals surface area contributed by atoms with E-state index in [1.807, 2.05) is 6.07 Å². The molecule has 0 N–H and O–H groups in total. The SMILES string of the molecule is [2H]c1c([2H])c([2H])c(-c2cc3c(cn2)CCCC3)c([2H])c1[2H]. The summed E-state index contributed by atoms with van der Waals surface area (Å²) in [5.74, 6) is 0. The van der Waals surface area contributed by atoms with Gasteiger partial charge in [-0.3, -0.25) is 4.98 Å². The standard InChI is InChI=1S/C15H15N/c1-2-6-12(7-3-1)15-10-13-8-4-5-9-14(13)11-16-15/h1-3,6-7,10-11H,4-5,8-9H2/i1D,2D,3D,6D,7D. The minimum atomic E-state index is -0.369. The van der Waals surface area contributed by atoms with E-state index in [4.69, 9.17) is 6.85 Å². The highest BCUT2D eigenvalue weighted by Gasteiger charge is 2.10. The predicted octanol–water partition coefficient (Wildman–Crippen LogP) is 3.63. The molecule has 0 saturated heterocycles. The molecule has 0 fully saturated rings. The lowest BCUT2D eigenvalue weighted by Gasteiger charge is -2.15. The Balaban J connectivity index is 2.21. The Morgan fingerprint density at radius 3 is 2.56 bits per heavy atom. The van der Waals surface area contributed by atoms with Gasteiger partial charge in [0.25, 0.3) is 0 Å². The summed E-state index contributed by atoms with van der Waals surface area (Å²) in [4.78, 5) is 4.33. The van der Waals surface area contributed by atoms with Crippen molar-refractivity contribution < 1.29 is 6.85 Å². The zero-order chi connectivity index (χ0) is 15.1. The number of rotatable bonds is 1. The molecule has 1 aliphatic rings. The van der Waals surface area contributed by atoms with Gasteiger partial charge in [0.1, 0.15) is 0 Å². The summed E-state index contributed by atoms with van der Waals surface area (Å²) in [7, 11) is 0. The normalized spacial score (nSPS) is 18.9. The second-order valence-electron chi connectivity index (χ2n) is 4.05. The largest absolute Gasteiger partial charge is 0.256 e. The van der Waals surface area contributed by atoms with Crippen molar-refractivity contribution >= 4 is 0 Å². The van der Waals surface area contributed by atoms with Gasteiger partial charge in [0.2, 0.25) is 0 Å². The van der Waals surface area contributed by atoms with Crippen molar-refractivity contribution in [2.45, 2.75) is 25.7 Å². The zero-order valence-electron chi connectivity index (χ0n) is 13.9. The van der Waals surface area contributed by atoms with Crippen molar-refractivity contribution in [3.63, 3.8) is 0 Å². The number of benzene rings is 1. The van der Waals surface area contributed by atoms with E-state index in [9.17, 15) is 0 Å². The molecule has 0 bridgehead atoms. The van der Waals surface area contributed by atoms with Crippen LogP contribution in [-0.2, 0) is 12.8 Å². The molecule has 80 valence electrons. The van der Waals surface area contributed by atoms with Gasteiger partial charge in [-0.2, -0.15) is 0 Å². The molecule has 1 heteroatoms. The molecule has 16 heavy (non-hydrogen) atoms. The monoisotopic (exact) mass is 214 g/mol. The quantitative estimate of drug-likeness (QED) is 0.706. The van der Waals surface area contributed by atoms with Crippen LogP contribution in [0.4, 0.5) is 0 Å². The highest BCUT2D eigenvalue weighted by molar-refractivity contribution is 5.60. The maximum absolute atomic E-state index is 8.00. The number of nitrogens with zero attached hydrogens (tertiary/aromatic N) is 1. The van der Waals surface area contributed by atoms with Crippen LogP contribution in [0.1, 0.15) is 30.8 Å². The zero-order valence-corrected chi connectivity index (χ0v) is 8.93. The average Bonchev–Trinajstić information content (AvgIpc) is 2.51. The van der Waals surface area contributed by atoms with E-state index in [-0.39, 0.29) is 35.8 Å². The first-order valence-corrected chi connectivity index (χ1v) is 5.55. The molecule has 1 aromatic carbocycles. The molecule has 0 unspecified atom stereocenters. The highest BCUT2D eigenvalue weighted by Crippen LogP contribution is 2.25. The van der Waals surface area contributed by atoms with Crippen LogP contribution in [0.2, 0.25) is 0 Å². The smallest absolute Gasteiger partial charge is 0.0704 e. The fourth-order valence-electron chi connectivity index (χ4n) is 2.13. The molecule has 1 aliphatic carbocycles. The number of aromatic nitrogens is 1. The van der Waals surface area contributed by atoms with Crippen molar-refractivity contribution in [1.82, 2.24) is 4.98 Å². The Hall–Kier alpha value is -1.63. The summed E-state index contributed by atoms with van der Waals surface area (Å²) < 4.78 is 39.1. The molecule has 0 atom stereocenters. The van der Waals surface area contributed by atoms with Crippen LogP contribution in [0, 0.1) is 0 Å². The molecule has 2 aromatic rings. The number of aryl methyl sites for hydroxylation is 2. The maximum atomic E-state index is 8.00. The van der Waals surface area contributed by atoms with E-state index >= 15 is 0 Å². The van der Waals surface area contributed by atoms with Gasteiger partial charge in [-0.15, -0.1) is 0 Å². The lowest BCUT2D eigenvalue weighted by molar-refractivity contribution is 0.682. The molecular formula is C15H15N. The summed E-state index contributed by atoms with van der Waals surface area (Å²) in [6.07, 6.45) is 6.02. The molecule has 3 rings (SSSR count). The van der Waals surface area contributed by atoms with E-state index in [1.165, 1.54) is 11.1 Å². The third-order valence-corrected chi connectivity index (χ3v) is 2.98. The van der Waals surface area contributed by atoms with E-state index in [2.05, 4.69) is 4.98 Å². The minimum absolute atomic E-state index is 0.189. The van der Waals surface area contributed by atoms with E-state index < -0.39 is 0 Å². The van der Waals surface area contributed by atoms with Gasteiger partial charge in [-0.05, 0) is 42.9 Å². The van der Waals surface area contributed by atoms with Gasteiger partial charge < -0.3 is 0 Å². The van der Waals surface area contributed by atoms with Crippen molar-refractivity contribution in [2.24, 2.45) is 0 Å². The van der Waals surface area contributed by atoms with Gasteiger partial charge in [0.15, 0.2) is 0 Å². The molecule has 0 amide bonds. The fourth-order valence-corrected chi connectivity index (χ4v) is 2.13. The molecule has 0 radical (unpaired) electrons. The third kappa shape index (κ3) is 1.73. The van der Waals surface area contributed by atoms with Crippen LogP contribution in [0.5, 0.6) is 0 Å². The van der Waals surface area contributed by atoms with Gasteiger partial charge in [-0.1, -0.05) is 30.2 Å². The lowest BCUT2D eigenvalue weighted by atomic mass is 9.92. The van der Waals surface area contributed by atoms with Crippen molar-refractivity contribution in [2.75, 3.05) is 0 Å². The number of fused-ring (bicyclic) bond motifs is 1. The Bertz CT molecular complexity index is 697. The summed E-state index contributed by atoms with van der Waals surface area (Å²) in [5.41, 5.74) is 3.04. The van der Waals surface area contributed by atoms with Crippen molar-refractivity contribution in [3.05, 3.63) is 53.6 Å². The molecular weight excluding hydrogens is 194 g/mol. The topological polar surface area (TPSA) is 12.9 Å². The van der Waals surface area contributed by atoms with E-state index in [1.54, 1.807) is 6.20 Å². The second-order valence-corrected chi connectivity index (χ2v) is 4.05. The Morgan fingerprint density at radius 1 is 1.00 bits per heavy atom. The molecule has 0 spiro atoms. The number of pyridine rings is 1. The summed E-state index contributed by atoms with van der Waals surface area (Å²) in [5, 5.41) is 0. The van der Waals surface area contributed by atoms with E-state index in [0.717, 1.165) is 25.7 Å². The van der Waals surface area contributed by atoms with Crippen LogP contribution < -0.4 is 0 Å². The van der Waals surface area contributed by atoms with Crippen LogP contribution >= 0.6 is 0 Å². The molecule has 1 aromatic heterocycles. The van der Waals surface area contributed by atoms with Crippen molar-refractivity contribution in [1.29, 1.82) is 0 Å². The minimum Gasteiger partial charge on any atom is -0.256 e. The first-order chi connectivity index (χ1) is 10.0. The third-order valence-electron chi connectivity index (χ3n) is 2.98. The van der Waals surface area contributed by atoms with Gasteiger partial charge in [0, 0.05) is 11.8 Å². The van der Waals surface area contributed by atoms with Gasteiger partial charge in [0.05, 0.1) is 12.5 Å². The predicted molar refractivity (Wildman–Crippen MR) is 66.3 cm³/mol. The number of hydrogen-bond acceptors (Lipinski definition) is 1. The first-order valence-electron chi connectivity index (χ1n) is 8.05. The molecule has 1 nitrogen and oxygen atoms in total. The Labute approximate surface area is 103 Å².